The molecule has 3 heterocycles. The van der Waals surface area contributed by atoms with Gasteiger partial charge in [-0.05, 0) is 42.8 Å². The van der Waals surface area contributed by atoms with Crippen LogP contribution in [0.3, 0.4) is 0 Å². The maximum absolute atomic E-state index is 4.43. The number of nitrogens with one attached hydrogen (secondary N) is 1. The first-order valence-corrected chi connectivity index (χ1v) is 7.71. The molecule has 8 nitrogen and oxygen atoms in total. The van der Waals surface area contributed by atoms with Gasteiger partial charge in [0.15, 0.2) is 0 Å². The molecule has 1 aromatic carbocycles. The van der Waals surface area contributed by atoms with Gasteiger partial charge in [0.2, 0.25) is 5.95 Å². The van der Waals surface area contributed by atoms with Crippen LogP contribution in [0.25, 0.3) is 5.69 Å². The Labute approximate surface area is 133 Å². The highest BCUT2D eigenvalue weighted by Crippen LogP contribution is 2.18. The highest BCUT2D eigenvalue weighted by Gasteiger charge is 2.22. The maximum Gasteiger partial charge on any atom is 0.248 e. The van der Waals surface area contributed by atoms with Gasteiger partial charge >= 0.3 is 0 Å². The van der Waals surface area contributed by atoms with Gasteiger partial charge in [-0.25, -0.2) is 9.67 Å². The van der Waals surface area contributed by atoms with E-state index in [2.05, 4.69) is 37.8 Å². The van der Waals surface area contributed by atoms with E-state index in [1.807, 2.05) is 35.9 Å². The molecule has 3 aromatic rings. The van der Waals surface area contributed by atoms with Gasteiger partial charge in [-0.3, -0.25) is 0 Å². The normalized spacial score (nSPS) is 17.0. The zero-order valence-corrected chi connectivity index (χ0v) is 13.1. The van der Waals surface area contributed by atoms with Crippen molar-refractivity contribution in [1.82, 2.24) is 35.0 Å². The molecule has 0 radical (unpaired) electrons. The van der Waals surface area contributed by atoms with E-state index in [1.165, 1.54) is 5.56 Å². The van der Waals surface area contributed by atoms with Crippen molar-refractivity contribution >= 4 is 5.95 Å². The molecule has 0 unspecified atom stereocenters. The summed E-state index contributed by atoms with van der Waals surface area (Å²) in [5, 5.41) is 19.9. The fraction of sp³-hybridized carbons (Fsp3) is 0.400. The van der Waals surface area contributed by atoms with Crippen LogP contribution in [0.5, 0.6) is 0 Å². The Bertz CT molecular complexity index is 816. The van der Waals surface area contributed by atoms with Crippen LogP contribution >= 0.6 is 0 Å². The highest BCUT2D eigenvalue weighted by atomic mass is 15.6. The third-order valence-corrected chi connectivity index (χ3v) is 4.05. The van der Waals surface area contributed by atoms with E-state index in [-0.39, 0.29) is 6.04 Å². The van der Waals surface area contributed by atoms with Crippen molar-refractivity contribution in [1.29, 1.82) is 0 Å². The molecular weight excluding hydrogens is 292 g/mol. The predicted octanol–water partition coefficient (Wildman–Crippen LogP) is 1.30. The van der Waals surface area contributed by atoms with Gasteiger partial charge in [0, 0.05) is 12.5 Å². The van der Waals surface area contributed by atoms with E-state index in [1.54, 1.807) is 4.68 Å². The summed E-state index contributed by atoms with van der Waals surface area (Å²) in [4.78, 5) is 4.43. The number of fused-ring (bicyclic) bond motifs is 1. The second-order valence-electron chi connectivity index (χ2n) is 5.89. The van der Waals surface area contributed by atoms with Crippen molar-refractivity contribution in [3.05, 3.63) is 41.5 Å². The highest BCUT2D eigenvalue weighted by molar-refractivity contribution is 5.40. The van der Waals surface area contributed by atoms with Crippen LogP contribution in [0.2, 0.25) is 0 Å². The summed E-state index contributed by atoms with van der Waals surface area (Å²) >= 11 is 0. The first-order valence-electron chi connectivity index (χ1n) is 7.71. The Morgan fingerprint density at radius 1 is 1.17 bits per heavy atom. The second-order valence-corrected chi connectivity index (χ2v) is 5.89. The van der Waals surface area contributed by atoms with Crippen LogP contribution < -0.4 is 5.32 Å². The molecule has 1 aliphatic rings. The van der Waals surface area contributed by atoms with Gasteiger partial charge in [0.1, 0.15) is 11.6 Å². The Morgan fingerprint density at radius 2 is 2.00 bits per heavy atom. The predicted molar refractivity (Wildman–Crippen MR) is 84.4 cm³/mol. The quantitative estimate of drug-likeness (QED) is 0.784. The number of aromatic nitrogens is 7. The topological polar surface area (TPSA) is 86.3 Å². The maximum atomic E-state index is 4.43. The monoisotopic (exact) mass is 310 g/mol. The number of tetrazole rings is 1. The van der Waals surface area contributed by atoms with Crippen LogP contribution in [0, 0.1) is 13.8 Å². The summed E-state index contributed by atoms with van der Waals surface area (Å²) in [6.07, 6.45) is 1.89. The summed E-state index contributed by atoms with van der Waals surface area (Å²) in [5.74, 6) is 2.53. The van der Waals surface area contributed by atoms with Crippen molar-refractivity contribution < 1.29 is 0 Å². The molecule has 23 heavy (non-hydrogen) atoms. The molecule has 0 spiro atoms. The molecule has 118 valence electrons. The van der Waals surface area contributed by atoms with E-state index in [0.29, 0.717) is 5.95 Å². The summed E-state index contributed by atoms with van der Waals surface area (Å²) in [7, 11) is 0. The fourth-order valence-electron chi connectivity index (χ4n) is 2.87. The van der Waals surface area contributed by atoms with E-state index in [0.717, 1.165) is 36.7 Å². The van der Waals surface area contributed by atoms with Crippen LogP contribution in [-0.4, -0.2) is 41.0 Å². The van der Waals surface area contributed by atoms with Gasteiger partial charge in [0.05, 0.1) is 12.2 Å². The molecule has 1 aliphatic heterocycles. The van der Waals surface area contributed by atoms with Crippen LogP contribution in [0.4, 0.5) is 5.95 Å². The molecule has 1 atom stereocenters. The fourth-order valence-corrected chi connectivity index (χ4v) is 2.87. The lowest BCUT2D eigenvalue weighted by Gasteiger charge is -2.23. The van der Waals surface area contributed by atoms with Crippen molar-refractivity contribution in [2.45, 2.75) is 39.3 Å². The molecule has 8 heteroatoms. The molecule has 4 rings (SSSR count). The van der Waals surface area contributed by atoms with E-state index >= 15 is 0 Å². The third-order valence-electron chi connectivity index (χ3n) is 4.05. The van der Waals surface area contributed by atoms with E-state index in [9.17, 15) is 0 Å². The molecule has 0 saturated carbocycles. The standard InChI is InChI=1S/C15H18N8/c1-10-3-6-13(7-4-10)23-15(18-20-21-23)17-12-5-8-14-16-11(2)19-22(14)9-12/h3-4,6-7,12H,5,8-9H2,1-2H3,(H,17,18,21)/t12-/m1/s1. The number of rotatable bonds is 3. The van der Waals surface area contributed by atoms with Gasteiger partial charge in [0.25, 0.3) is 0 Å². The average Bonchev–Trinajstić information content (AvgIpc) is 3.13. The Hall–Kier alpha value is -2.77. The molecular formula is C15H18N8. The summed E-state index contributed by atoms with van der Waals surface area (Å²) in [6.45, 7) is 4.75. The molecule has 0 bridgehead atoms. The zero-order chi connectivity index (χ0) is 15.8. The van der Waals surface area contributed by atoms with E-state index < -0.39 is 0 Å². The van der Waals surface area contributed by atoms with Gasteiger partial charge < -0.3 is 5.32 Å². The number of hydrogen-bond acceptors (Lipinski definition) is 6. The first kappa shape index (κ1) is 13.9. The van der Waals surface area contributed by atoms with Crippen molar-refractivity contribution in [2.75, 3.05) is 5.32 Å². The molecule has 0 saturated heterocycles. The minimum absolute atomic E-state index is 0.235. The van der Waals surface area contributed by atoms with Crippen LogP contribution in [-0.2, 0) is 13.0 Å². The lowest BCUT2D eigenvalue weighted by atomic mass is 10.1. The average molecular weight is 310 g/mol. The third kappa shape index (κ3) is 2.67. The summed E-state index contributed by atoms with van der Waals surface area (Å²) in [5.41, 5.74) is 2.15. The minimum atomic E-state index is 0.235. The van der Waals surface area contributed by atoms with E-state index in [4.69, 9.17) is 0 Å². The Kier molecular flexibility index (Phi) is 3.29. The number of anilines is 1. The number of hydrogen-bond donors (Lipinski definition) is 1. The first-order chi connectivity index (χ1) is 11.2. The van der Waals surface area contributed by atoms with Crippen LogP contribution in [0.1, 0.15) is 23.6 Å². The second kappa shape index (κ2) is 5.45. The minimum Gasteiger partial charge on any atom is -0.348 e. The van der Waals surface area contributed by atoms with Crippen LogP contribution in [0.15, 0.2) is 24.3 Å². The molecule has 1 N–H and O–H groups in total. The smallest absolute Gasteiger partial charge is 0.248 e. The lowest BCUT2D eigenvalue weighted by molar-refractivity contribution is 0.438. The molecule has 0 aliphatic carbocycles. The largest absolute Gasteiger partial charge is 0.348 e. The van der Waals surface area contributed by atoms with Crippen molar-refractivity contribution in [2.24, 2.45) is 0 Å². The van der Waals surface area contributed by atoms with Gasteiger partial charge in [-0.2, -0.15) is 9.78 Å². The number of nitrogens with zero attached hydrogens (tertiary/aromatic N) is 7. The van der Waals surface area contributed by atoms with Gasteiger partial charge in [-0.15, -0.1) is 0 Å². The zero-order valence-electron chi connectivity index (χ0n) is 13.1. The lowest BCUT2D eigenvalue weighted by Crippen LogP contribution is -2.33. The Balaban J connectivity index is 1.54. The van der Waals surface area contributed by atoms with Crippen molar-refractivity contribution in [3.63, 3.8) is 0 Å². The summed E-state index contributed by atoms with van der Waals surface area (Å²) in [6, 6.07) is 8.35. The Morgan fingerprint density at radius 3 is 2.83 bits per heavy atom. The summed E-state index contributed by atoms with van der Waals surface area (Å²) < 4.78 is 3.69. The SMILES string of the molecule is Cc1ccc(-n2nnnc2N[C@@H]2CCc3nc(C)nn3C2)cc1. The molecule has 0 fully saturated rings. The van der Waals surface area contributed by atoms with Crippen molar-refractivity contribution in [3.8, 4) is 5.69 Å². The van der Waals surface area contributed by atoms with Gasteiger partial charge in [-0.1, -0.05) is 22.8 Å². The number of aryl methyl sites for hydroxylation is 3. The number of benzene rings is 1. The molecule has 0 amide bonds. The molecule has 2 aromatic heterocycles.